The number of carbonyl (C=O) groups excluding carboxylic acids is 1. The fourth-order valence-corrected chi connectivity index (χ4v) is 2.87. The van der Waals surface area contributed by atoms with Crippen LogP contribution in [0.3, 0.4) is 0 Å². The first kappa shape index (κ1) is 18.8. The molecule has 0 radical (unpaired) electrons. The number of rotatable bonds is 10. The number of hydrogen-bond acceptors (Lipinski definition) is 5. The Balaban J connectivity index is 1.40. The number of carbonyl (C=O) groups is 1. The van der Waals surface area contributed by atoms with Crippen LogP contribution in [0.5, 0.6) is 5.75 Å². The summed E-state index contributed by atoms with van der Waals surface area (Å²) >= 11 is 0. The molecule has 3 rings (SSSR count). The molecular formula is C20H22FN3O3. The lowest BCUT2D eigenvalue weighted by atomic mass is 10.1. The lowest BCUT2D eigenvalue weighted by Gasteiger charge is -2.03. The van der Waals surface area contributed by atoms with Gasteiger partial charge in [0.25, 0.3) is 5.89 Å². The quantitative estimate of drug-likeness (QED) is 0.416. The average Bonchev–Trinajstić information content (AvgIpc) is 3.36. The summed E-state index contributed by atoms with van der Waals surface area (Å²) in [5.74, 6) is 1.09. The van der Waals surface area contributed by atoms with Gasteiger partial charge in [0.1, 0.15) is 23.7 Å². The number of aromatic nitrogens is 3. The predicted octanol–water partition coefficient (Wildman–Crippen LogP) is 4.59. The van der Waals surface area contributed by atoms with Gasteiger partial charge in [-0.1, -0.05) is 12.8 Å². The molecule has 6 nitrogen and oxygen atoms in total. The molecule has 3 aromatic rings. The minimum Gasteiger partial charge on any atom is -0.497 e. The van der Waals surface area contributed by atoms with Gasteiger partial charge in [-0.05, 0) is 25.0 Å². The Kier molecular flexibility index (Phi) is 6.35. The van der Waals surface area contributed by atoms with Gasteiger partial charge in [0, 0.05) is 24.5 Å². The van der Waals surface area contributed by atoms with E-state index in [0.717, 1.165) is 37.9 Å². The number of imidazole rings is 1. The lowest BCUT2D eigenvalue weighted by Crippen LogP contribution is -1.99. The standard InChI is InChI=1S/C20H22FN3O3/c1-26-14-8-9-15(16(21)12-14)17-13-23-19(24-17)7-5-3-2-4-6-18(25)20-22-10-11-27-20/h8-13H,2-7H2,1H3,(H,23,24). The summed E-state index contributed by atoms with van der Waals surface area (Å²) < 4.78 is 24.1. The normalized spacial score (nSPS) is 10.9. The van der Waals surface area contributed by atoms with E-state index >= 15 is 0 Å². The molecule has 0 saturated heterocycles. The second kappa shape index (κ2) is 9.12. The van der Waals surface area contributed by atoms with Gasteiger partial charge >= 0.3 is 0 Å². The molecule has 27 heavy (non-hydrogen) atoms. The summed E-state index contributed by atoms with van der Waals surface area (Å²) in [5.41, 5.74) is 1.13. The van der Waals surface area contributed by atoms with Crippen molar-refractivity contribution in [1.82, 2.24) is 15.0 Å². The molecule has 7 heteroatoms. The molecule has 0 saturated carbocycles. The highest BCUT2D eigenvalue weighted by Crippen LogP contribution is 2.25. The Morgan fingerprint density at radius 1 is 1.22 bits per heavy atom. The number of nitrogens with zero attached hydrogens (tertiary/aromatic N) is 2. The maximum absolute atomic E-state index is 14.1. The van der Waals surface area contributed by atoms with E-state index in [1.165, 1.54) is 25.6 Å². The molecule has 0 spiro atoms. The van der Waals surface area contributed by atoms with Gasteiger partial charge in [-0.15, -0.1) is 0 Å². The summed E-state index contributed by atoms with van der Waals surface area (Å²) in [6.45, 7) is 0. The number of aromatic amines is 1. The summed E-state index contributed by atoms with van der Waals surface area (Å²) in [6.07, 6.45) is 9.46. The summed E-state index contributed by atoms with van der Waals surface area (Å²) in [4.78, 5) is 23.1. The zero-order valence-corrected chi connectivity index (χ0v) is 15.2. The Bertz CT molecular complexity index is 874. The molecule has 0 amide bonds. The Labute approximate surface area is 156 Å². The number of ketones is 1. The van der Waals surface area contributed by atoms with Gasteiger partial charge in [-0.3, -0.25) is 4.79 Å². The van der Waals surface area contributed by atoms with Crippen molar-refractivity contribution in [3.8, 4) is 17.0 Å². The lowest BCUT2D eigenvalue weighted by molar-refractivity contribution is 0.0945. The predicted molar refractivity (Wildman–Crippen MR) is 98.2 cm³/mol. The van der Waals surface area contributed by atoms with Gasteiger partial charge in [0.15, 0.2) is 0 Å². The molecule has 0 fully saturated rings. The second-order valence-electron chi connectivity index (χ2n) is 6.26. The Hall–Kier alpha value is -2.96. The monoisotopic (exact) mass is 371 g/mol. The SMILES string of the molecule is COc1ccc(-c2cnc(CCCCCCC(=O)c3ncco3)[nH]2)c(F)c1. The van der Waals surface area contributed by atoms with Crippen molar-refractivity contribution < 1.29 is 18.3 Å². The van der Waals surface area contributed by atoms with Gasteiger partial charge in [0.05, 0.1) is 25.2 Å². The average molecular weight is 371 g/mol. The number of unbranched alkanes of at least 4 members (excludes halogenated alkanes) is 3. The van der Waals surface area contributed by atoms with Crippen LogP contribution in [0.15, 0.2) is 41.3 Å². The first-order valence-electron chi connectivity index (χ1n) is 8.98. The molecule has 142 valence electrons. The van der Waals surface area contributed by atoms with Gasteiger partial charge in [0.2, 0.25) is 5.78 Å². The van der Waals surface area contributed by atoms with E-state index in [1.807, 2.05) is 0 Å². The topological polar surface area (TPSA) is 81.0 Å². The molecule has 2 heterocycles. The summed E-state index contributed by atoms with van der Waals surface area (Å²) in [6, 6.07) is 4.75. The smallest absolute Gasteiger partial charge is 0.263 e. The number of halogens is 1. The summed E-state index contributed by atoms with van der Waals surface area (Å²) in [7, 11) is 1.51. The maximum Gasteiger partial charge on any atom is 0.263 e. The highest BCUT2D eigenvalue weighted by Gasteiger charge is 2.11. The first-order chi connectivity index (χ1) is 13.2. The van der Waals surface area contributed by atoms with Gasteiger partial charge in [-0.2, -0.15) is 0 Å². The molecule has 1 aromatic carbocycles. The summed E-state index contributed by atoms with van der Waals surface area (Å²) in [5, 5.41) is 0. The van der Waals surface area contributed by atoms with Gasteiger partial charge in [-0.25, -0.2) is 14.4 Å². The molecule has 0 bridgehead atoms. The number of nitrogens with one attached hydrogen (secondary N) is 1. The van der Waals surface area contributed by atoms with E-state index < -0.39 is 0 Å². The second-order valence-corrected chi connectivity index (χ2v) is 6.26. The zero-order valence-electron chi connectivity index (χ0n) is 15.2. The van der Waals surface area contributed by atoms with Crippen LogP contribution in [-0.4, -0.2) is 27.8 Å². The van der Waals surface area contributed by atoms with Crippen LogP contribution in [0.2, 0.25) is 0 Å². The number of Topliss-reactive ketones (excluding diaryl/α,β-unsaturated/α-hetero) is 1. The van der Waals surface area contributed by atoms with Crippen molar-refractivity contribution in [2.45, 2.75) is 38.5 Å². The minimum absolute atomic E-state index is 0.0582. The molecule has 0 unspecified atom stereocenters. The molecule has 1 N–H and O–H groups in total. The van der Waals surface area contributed by atoms with Crippen molar-refractivity contribution in [2.24, 2.45) is 0 Å². The fraction of sp³-hybridized carbons (Fsp3) is 0.350. The van der Waals surface area contributed by atoms with Crippen LogP contribution in [0.1, 0.15) is 48.6 Å². The van der Waals surface area contributed by atoms with E-state index in [4.69, 9.17) is 9.15 Å². The van der Waals surface area contributed by atoms with E-state index in [1.54, 1.807) is 18.3 Å². The van der Waals surface area contributed by atoms with Crippen molar-refractivity contribution >= 4 is 5.78 Å². The number of methoxy groups -OCH3 is 1. The van der Waals surface area contributed by atoms with Crippen LogP contribution in [0.25, 0.3) is 11.3 Å². The zero-order chi connectivity index (χ0) is 19.1. The van der Waals surface area contributed by atoms with Crippen LogP contribution < -0.4 is 4.74 Å². The van der Waals surface area contributed by atoms with Crippen molar-refractivity contribution in [1.29, 1.82) is 0 Å². The molecular weight excluding hydrogens is 349 g/mol. The van der Waals surface area contributed by atoms with Crippen LogP contribution in [0, 0.1) is 5.82 Å². The fourth-order valence-electron chi connectivity index (χ4n) is 2.87. The highest BCUT2D eigenvalue weighted by molar-refractivity contribution is 5.91. The van der Waals surface area contributed by atoms with Gasteiger partial charge < -0.3 is 14.1 Å². The molecule has 2 aromatic heterocycles. The van der Waals surface area contributed by atoms with Crippen molar-refractivity contribution in [3.63, 3.8) is 0 Å². The number of aryl methyl sites for hydroxylation is 1. The molecule has 0 aliphatic heterocycles. The largest absolute Gasteiger partial charge is 0.497 e. The number of H-pyrrole nitrogens is 1. The number of oxazole rings is 1. The highest BCUT2D eigenvalue weighted by atomic mass is 19.1. The Morgan fingerprint density at radius 2 is 2.07 bits per heavy atom. The number of hydrogen-bond donors (Lipinski definition) is 1. The Morgan fingerprint density at radius 3 is 2.81 bits per heavy atom. The first-order valence-corrected chi connectivity index (χ1v) is 8.98. The number of benzene rings is 1. The van der Waals surface area contributed by atoms with Crippen molar-refractivity contribution in [3.05, 3.63) is 54.4 Å². The van der Waals surface area contributed by atoms with E-state index in [2.05, 4.69) is 15.0 Å². The molecule has 0 atom stereocenters. The van der Waals surface area contributed by atoms with Crippen LogP contribution in [0.4, 0.5) is 4.39 Å². The third-order valence-corrected chi connectivity index (χ3v) is 4.33. The third kappa shape index (κ3) is 5.03. The van der Waals surface area contributed by atoms with Crippen LogP contribution in [-0.2, 0) is 6.42 Å². The maximum atomic E-state index is 14.1. The van der Waals surface area contributed by atoms with E-state index in [0.29, 0.717) is 23.4 Å². The molecule has 0 aliphatic carbocycles. The molecule has 0 aliphatic rings. The number of ether oxygens (including phenoxy) is 1. The minimum atomic E-state index is -0.347. The van der Waals surface area contributed by atoms with E-state index in [9.17, 15) is 9.18 Å². The van der Waals surface area contributed by atoms with Crippen molar-refractivity contribution in [2.75, 3.05) is 7.11 Å². The third-order valence-electron chi connectivity index (χ3n) is 4.33. The van der Waals surface area contributed by atoms with E-state index in [-0.39, 0.29) is 17.5 Å². The van der Waals surface area contributed by atoms with Crippen LogP contribution >= 0.6 is 0 Å².